The number of nitrogens with one attached hydrogen (secondary N) is 1. The van der Waals surface area contributed by atoms with E-state index < -0.39 is 5.95 Å². The number of thiazole rings is 1. The van der Waals surface area contributed by atoms with Gasteiger partial charge in [-0.25, -0.2) is 4.98 Å². The standard InChI is InChI=1S/C14H16FN3O2S/c1-10(19)18(17-11-4-6-12(20)7-5-11)8-2-3-14-16-13(15)9-21-14/h4-7,9,17,20H,2-3,8H2,1H3. The number of benzene rings is 1. The molecule has 2 rings (SSSR count). The van der Waals surface area contributed by atoms with Crippen LogP contribution in [0.3, 0.4) is 0 Å². The fourth-order valence-electron chi connectivity index (χ4n) is 1.78. The maximum Gasteiger partial charge on any atom is 0.237 e. The molecule has 0 spiro atoms. The Labute approximate surface area is 126 Å². The van der Waals surface area contributed by atoms with Crippen LogP contribution >= 0.6 is 11.3 Å². The van der Waals surface area contributed by atoms with Crippen molar-refractivity contribution in [2.24, 2.45) is 0 Å². The second kappa shape index (κ2) is 7.03. The Balaban J connectivity index is 1.87. The minimum Gasteiger partial charge on any atom is -0.508 e. The molecule has 1 aromatic heterocycles. The molecule has 0 radical (unpaired) electrons. The Hall–Kier alpha value is -2.15. The highest BCUT2D eigenvalue weighted by molar-refractivity contribution is 7.09. The molecule has 0 aliphatic rings. The van der Waals surface area contributed by atoms with Crippen molar-refractivity contribution in [2.75, 3.05) is 12.0 Å². The average molecular weight is 309 g/mol. The predicted octanol–water partition coefficient (Wildman–Crippen LogP) is 2.80. The van der Waals surface area contributed by atoms with Gasteiger partial charge < -0.3 is 5.11 Å². The maximum absolute atomic E-state index is 12.8. The largest absolute Gasteiger partial charge is 0.508 e. The second-order valence-corrected chi connectivity index (χ2v) is 5.44. The summed E-state index contributed by atoms with van der Waals surface area (Å²) in [5.41, 5.74) is 3.69. The SMILES string of the molecule is CC(=O)N(CCCc1nc(F)cs1)Nc1ccc(O)cc1. The number of phenols is 1. The number of hydrogen-bond acceptors (Lipinski definition) is 5. The minimum atomic E-state index is -0.458. The molecule has 5 nitrogen and oxygen atoms in total. The molecule has 1 heterocycles. The molecule has 0 fully saturated rings. The number of amides is 1. The van der Waals surface area contributed by atoms with Gasteiger partial charge in [0.1, 0.15) is 5.75 Å². The number of halogens is 1. The van der Waals surface area contributed by atoms with E-state index in [2.05, 4.69) is 10.4 Å². The normalized spacial score (nSPS) is 10.4. The van der Waals surface area contributed by atoms with Gasteiger partial charge >= 0.3 is 0 Å². The van der Waals surface area contributed by atoms with Gasteiger partial charge in [0, 0.05) is 25.3 Å². The topological polar surface area (TPSA) is 65.5 Å². The summed E-state index contributed by atoms with van der Waals surface area (Å²) >= 11 is 1.28. The zero-order valence-corrected chi connectivity index (χ0v) is 12.4. The van der Waals surface area contributed by atoms with Crippen LogP contribution in [0.15, 0.2) is 29.6 Å². The van der Waals surface area contributed by atoms with E-state index in [9.17, 15) is 14.3 Å². The van der Waals surface area contributed by atoms with Gasteiger partial charge in [0.15, 0.2) is 0 Å². The van der Waals surface area contributed by atoms with Crippen LogP contribution in [-0.2, 0) is 11.2 Å². The van der Waals surface area contributed by atoms with Crippen molar-refractivity contribution in [3.63, 3.8) is 0 Å². The zero-order chi connectivity index (χ0) is 15.2. The number of nitrogens with zero attached hydrogens (tertiary/aromatic N) is 2. The highest BCUT2D eigenvalue weighted by atomic mass is 32.1. The number of carbonyl (C=O) groups excluding carboxylic acids is 1. The number of anilines is 1. The first-order chi connectivity index (χ1) is 10.0. The molecule has 2 aromatic rings. The summed E-state index contributed by atoms with van der Waals surface area (Å²) in [5, 5.41) is 12.8. The molecule has 112 valence electrons. The van der Waals surface area contributed by atoms with Crippen LogP contribution in [0.5, 0.6) is 5.75 Å². The highest BCUT2D eigenvalue weighted by Crippen LogP contribution is 2.15. The number of phenolic OH excluding ortho intramolecular Hbond substituents is 1. The molecular weight excluding hydrogens is 293 g/mol. The van der Waals surface area contributed by atoms with E-state index in [0.29, 0.717) is 25.1 Å². The smallest absolute Gasteiger partial charge is 0.237 e. The summed E-state index contributed by atoms with van der Waals surface area (Å²) in [6.45, 7) is 1.95. The maximum atomic E-state index is 12.8. The van der Waals surface area contributed by atoms with Crippen molar-refractivity contribution in [1.82, 2.24) is 9.99 Å². The van der Waals surface area contributed by atoms with Crippen molar-refractivity contribution in [3.8, 4) is 5.75 Å². The van der Waals surface area contributed by atoms with Crippen molar-refractivity contribution in [1.29, 1.82) is 0 Å². The van der Waals surface area contributed by atoms with Gasteiger partial charge in [-0.3, -0.25) is 15.2 Å². The van der Waals surface area contributed by atoms with E-state index in [1.807, 2.05) is 0 Å². The first-order valence-electron chi connectivity index (χ1n) is 6.48. The third kappa shape index (κ3) is 4.71. The Bertz CT molecular complexity index is 601. The van der Waals surface area contributed by atoms with Crippen molar-refractivity contribution >= 4 is 22.9 Å². The quantitative estimate of drug-likeness (QED) is 0.636. The Kier molecular flexibility index (Phi) is 5.10. The first kappa shape index (κ1) is 15.2. The summed E-state index contributed by atoms with van der Waals surface area (Å²) in [7, 11) is 0. The molecule has 1 aromatic carbocycles. The summed E-state index contributed by atoms with van der Waals surface area (Å²) in [6.07, 6.45) is 1.30. The molecule has 21 heavy (non-hydrogen) atoms. The lowest BCUT2D eigenvalue weighted by atomic mass is 10.3. The van der Waals surface area contributed by atoms with Crippen molar-refractivity contribution in [3.05, 3.63) is 40.6 Å². The van der Waals surface area contributed by atoms with Crippen LogP contribution in [0.2, 0.25) is 0 Å². The molecular formula is C14H16FN3O2S. The molecule has 7 heteroatoms. The van der Waals surface area contributed by atoms with Gasteiger partial charge in [-0.15, -0.1) is 11.3 Å². The van der Waals surface area contributed by atoms with Gasteiger partial charge in [-0.1, -0.05) is 0 Å². The number of hydrogen-bond donors (Lipinski definition) is 2. The van der Waals surface area contributed by atoms with Crippen LogP contribution in [0.25, 0.3) is 0 Å². The van der Waals surface area contributed by atoms with Crippen LogP contribution in [-0.4, -0.2) is 27.6 Å². The van der Waals surface area contributed by atoms with Crippen molar-refractivity contribution < 1.29 is 14.3 Å². The third-order valence-electron chi connectivity index (χ3n) is 2.81. The molecule has 0 saturated heterocycles. The van der Waals surface area contributed by atoms with Crippen molar-refractivity contribution in [2.45, 2.75) is 19.8 Å². The van der Waals surface area contributed by atoms with E-state index in [4.69, 9.17) is 0 Å². The highest BCUT2D eigenvalue weighted by Gasteiger charge is 2.09. The van der Waals surface area contributed by atoms with Gasteiger partial charge in [-0.05, 0) is 30.7 Å². The molecule has 0 saturated carbocycles. The third-order valence-corrected chi connectivity index (χ3v) is 3.69. The monoisotopic (exact) mass is 309 g/mol. The molecule has 1 amide bonds. The summed E-state index contributed by atoms with van der Waals surface area (Å²) in [4.78, 5) is 15.3. The lowest BCUT2D eigenvalue weighted by molar-refractivity contribution is -0.127. The number of carbonyl (C=O) groups is 1. The molecule has 0 bridgehead atoms. The minimum absolute atomic E-state index is 0.117. The van der Waals surface area contributed by atoms with E-state index in [1.54, 1.807) is 24.3 Å². The Morgan fingerprint density at radius 1 is 1.43 bits per heavy atom. The van der Waals surface area contributed by atoms with E-state index in [1.165, 1.54) is 28.6 Å². The lowest BCUT2D eigenvalue weighted by Crippen LogP contribution is -2.35. The molecule has 0 unspecified atom stereocenters. The summed E-state index contributed by atoms with van der Waals surface area (Å²) in [5.74, 6) is -0.408. The van der Waals surface area contributed by atoms with Crippen LogP contribution < -0.4 is 5.43 Å². The molecule has 0 aliphatic heterocycles. The van der Waals surface area contributed by atoms with E-state index in [0.717, 1.165) is 5.01 Å². The number of rotatable bonds is 6. The first-order valence-corrected chi connectivity index (χ1v) is 7.36. The molecule has 0 atom stereocenters. The Morgan fingerprint density at radius 2 is 2.14 bits per heavy atom. The fraction of sp³-hybridized carbons (Fsp3) is 0.286. The lowest BCUT2D eigenvalue weighted by Gasteiger charge is -2.22. The van der Waals surface area contributed by atoms with Gasteiger partial charge in [0.05, 0.1) is 10.7 Å². The fourth-order valence-corrected chi connectivity index (χ4v) is 2.46. The second-order valence-electron chi connectivity index (χ2n) is 4.50. The van der Waals surface area contributed by atoms with Crippen LogP contribution in [0.1, 0.15) is 18.4 Å². The van der Waals surface area contributed by atoms with Crippen LogP contribution in [0, 0.1) is 5.95 Å². The average Bonchev–Trinajstić information content (AvgIpc) is 2.85. The van der Waals surface area contributed by atoms with Gasteiger partial charge in [-0.2, -0.15) is 4.39 Å². The number of aromatic nitrogens is 1. The van der Waals surface area contributed by atoms with Gasteiger partial charge in [0.2, 0.25) is 11.9 Å². The van der Waals surface area contributed by atoms with Gasteiger partial charge in [0.25, 0.3) is 0 Å². The summed E-state index contributed by atoms with van der Waals surface area (Å²) in [6, 6.07) is 6.45. The van der Waals surface area contributed by atoms with E-state index in [-0.39, 0.29) is 11.7 Å². The Morgan fingerprint density at radius 3 is 2.71 bits per heavy atom. The predicted molar refractivity (Wildman–Crippen MR) is 79.5 cm³/mol. The number of aryl methyl sites for hydroxylation is 1. The van der Waals surface area contributed by atoms with Crippen LogP contribution in [0.4, 0.5) is 10.1 Å². The zero-order valence-electron chi connectivity index (χ0n) is 11.5. The number of hydrazine groups is 1. The number of aromatic hydroxyl groups is 1. The molecule has 2 N–H and O–H groups in total. The molecule has 0 aliphatic carbocycles. The summed E-state index contributed by atoms with van der Waals surface area (Å²) < 4.78 is 12.8. The van der Waals surface area contributed by atoms with E-state index >= 15 is 0 Å².